The van der Waals surface area contributed by atoms with E-state index in [9.17, 15) is 14.9 Å². The van der Waals surface area contributed by atoms with Gasteiger partial charge in [-0.2, -0.15) is 5.26 Å². The van der Waals surface area contributed by atoms with Crippen molar-refractivity contribution in [1.82, 2.24) is 4.90 Å². The van der Waals surface area contributed by atoms with Gasteiger partial charge in [-0.15, -0.1) is 0 Å². The van der Waals surface area contributed by atoms with E-state index in [2.05, 4.69) is 6.07 Å². The van der Waals surface area contributed by atoms with Crippen LogP contribution in [0.2, 0.25) is 0 Å². The summed E-state index contributed by atoms with van der Waals surface area (Å²) >= 11 is 0. The first kappa shape index (κ1) is 26.7. The first-order valence-electron chi connectivity index (χ1n) is 12.5. The molecule has 0 aliphatic heterocycles. The Morgan fingerprint density at radius 1 is 0.917 bits per heavy atom. The molecule has 0 aliphatic rings. The lowest BCUT2D eigenvalue weighted by molar-refractivity contribution is -0.159. The molecular weight excluding hydrogens is 448 g/mol. The van der Waals surface area contributed by atoms with Crippen LogP contribution in [-0.2, 0) is 27.5 Å². The number of nitriles is 1. The van der Waals surface area contributed by atoms with Gasteiger partial charge in [-0.05, 0) is 40.7 Å². The molecule has 5 nitrogen and oxygen atoms in total. The number of rotatable bonds is 11. The number of hydrogen-bond acceptors (Lipinski definition) is 4. The molecule has 0 unspecified atom stereocenters. The molecule has 0 saturated heterocycles. The van der Waals surface area contributed by atoms with Crippen molar-refractivity contribution < 1.29 is 14.3 Å². The molecule has 3 aromatic rings. The standard InChI is InChI=1S/C31H34N2O3/c1-4-5-15-29(34)33(30(23(2)3)31(35)36-22-25-11-7-6-8-12-25)21-24-16-18-26(19-17-24)28-14-10-9-13-27(28)20-32/h6-14,16-19,23,30H,4-5,15,21-22H2,1-3H3/t30-/m0/s1. The minimum Gasteiger partial charge on any atom is -0.459 e. The van der Waals surface area contributed by atoms with Gasteiger partial charge in [0.15, 0.2) is 0 Å². The van der Waals surface area contributed by atoms with Crippen LogP contribution in [-0.4, -0.2) is 22.8 Å². The molecule has 186 valence electrons. The monoisotopic (exact) mass is 482 g/mol. The smallest absolute Gasteiger partial charge is 0.329 e. The molecule has 0 bridgehead atoms. The number of hydrogen-bond donors (Lipinski definition) is 0. The summed E-state index contributed by atoms with van der Waals surface area (Å²) in [6, 6.07) is 26.4. The average Bonchev–Trinajstić information content (AvgIpc) is 2.91. The number of carbonyl (C=O) groups excluding carboxylic acids is 2. The van der Waals surface area contributed by atoms with E-state index < -0.39 is 12.0 Å². The molecule has 0 heterocycles. The van der Waals surface area contributed by atoms with E-state index in [1.165, 1.54) is 0 Å². The number of amides is 1. The molecule has 0 spiro atoms. The van der Waals surface area contributed by atoms with Crippen LogP contribution in [0.15, 0.2) is 78.9 Å². The average molecular weight is 483 g/mol. The summed E-state index contributed by atoms with van der Waals surface area (Å²) in [7, 11) is 0. The molecule has 0 N–H and O–H groups in total. The van der Waals surface area contributed by atoms with Crippen LogP contribution in [0.1, 0.15) is 56.7 Å². The minimum absolute atomic E-state index is 0.0499. The van der Waals surface area contributed by atoms with Gasteiger partial charge < -0.3 is 9.64 Å². The number of nitrogens with zero attached hydrogens (tertiary/aromatic N) is 2. The normalized spacial score (nSPS) is 11.5. The maximum atomic E-state index is 13.3. The van der Waals surface area contributed by atoms with E-state index in [-0.39, 0.29) is 18.4 Å². The summed E-state index contributed by atoms with van der Waals surface area (Å²) in [6.07, 6.45) is 2.06. The van der Waals surface area contributed by atoms with Crippen LogP contribution in [0.4, 0.5) is 0 Å². The second kappa shape index (κ2) is 13.3. The molecular formula is C31H34N2O3. The predicted octanol–water partition coefficient (Wildman–Crippen LogP) is 6.51. The number of esters is 1. The Hall–Kier alpha value is -3.91. The third-order valence-electron chi connectivity index (χ3n) is 6.16. The fourth-order valence-electron chi connectivity index (χ4n) is 4.21. The van der Waals surface area contributed by atoms with Gasteiger partial charge in [-0.1, -0.05) is 100.0 Å². The van der Waals surface area contributed by atoms with Crippen LogP contribution < -0.4 is 0 Å². The van der Waals surface area contributed by atoms with Crippen molar-refractivity contribution in [3.8, 4) is 17.2 Å². The summed E-state index contributed by atoms with van der Waals surface area (Å²) in [4.78, 5) is 28.2. The molecule has 3 rings (SSSR count). The highest BCUT2D eigenvalue weighted by Gasteiger charge is 2.33. The van der Waals surface area contributed by atoms with Crippen molar-refractivity contribution in [1.29, 1.82) is 5.26 Å². The maximum absolute atomic E-state index is 13.3. The topological polar surface area (TPSA) is 70.4 Å². The largest absolute Gasteiger partial charge is 0.459 e. The number of ether oxygens (including phenoxy) is 1. The molecule has 0 aliphatic carbocycles. The molecule has 5 heteroatoms. The van der Waals surface area contributed by atoms with Crippen LogP contribution in [0.3, 0.4) is 0 Å². The summed E-state index contributed by atoms with van der Waals surface area (Å²) in [5.74, 6) is -0.551. The molecule has 3 aromatic carbocycles. The van der Waals surface area contributed by atoms with Crippen molar-refractivity contribution >= 4 is 11.9 Å². The number of benzene rings is 3. The highest BCUT2D eigenvalue weighted by molar-refractivity contribution is 5.85. The lowest BCUT2D eigenvalue weighted by Gasteiger charge is -2.33. The van der Waals surface area contributed by atoms with E-state index in [1.54, 1.807) is 11.0 Å². The maximum Gasteiger partial charge on any atom is 0.329 e. The zero-order valence-electron chi connectivity index (χ0n) is 21.3. The molecule has 0 saturated carbocycles. The molecule has 1 amide bonds. The second-order valence-electron chi connectivity index (χ2n) is 9.26. The zero-order chi connectivity index (χ0) is 25.9. The predicted molar refractivity (Wildman–Crippen MR) is 142 cm³/mol. The molecule has 0 aromatic heterocycles. The van der Waals surface area contributed by atoms with Crippen molar-refractivity contribution in [2.24, 2.45) is 5.92 Å². The van der Waals surface area contributed by atoms with Gasteiger partial charge in [0.1, 0.15) is 12.6 Å². The Morgan fingerprint density at radius 3 is 2.22 bits per heavy atom. The Balaban J connectivity index is 1.83. The Morgan fingerprint density at radius 2 is 1.58 bits per heavy atom. The second-order valence-corrected chi connectivity index (χ2v) is 9.26. The van der Waals surface area contributed by atoms with Gasteiger partial charge in [-0.3, -0.25) is 4.79 Å². The summed E-state index contributed by atoms with van der Waals surface area (Å²) in [5.41, 5.74) is 4.24. The van der Waals surface area contributed by atoms with E-state index >= 15 is 0 Å². The fourth-order valence-corrected chi connectivity index (χ4v) is 4.21. The quantitative estimate of drug-likeness (QED) is 0.292. The minimum atomic E-state index is -0.683. The van der Waals surface area contributed by atoms with E-state index in [0.717, 1.165) is 35.1 Å². The van der Waals surface area contributed by atoms with Crippen molar-refractivity contribution in [2.75, 3.05) is 0 Å². The molecule has 0 fully saturated rings. The van der Waals surface area contributed by atoms with Crippen LogP contribution in [0, 0.1) is 17.2 Å². The lowest BCUT2D eigenvalue weighted by Crippen LogP contribution is -2.48. The third kappa shape index (κ3) is 7.05. The number of unbranched alkanes of at least 4 members (excludes halogenated alkanes) is 1. The van der Waals surface area contributed by atoms with Gasteiger partial charge in [0, 0.05) is 13.0 Å². The van der Waals surface area contributed by atoms with Gasteiger partial charge >= 0.3 is 5.97 Å². The lowest BCUT2D eigenvalue weighted by atomic mass is 9.98. The van der Waals surface area contributed by atoms with E-state index in [0.29, 0.717) is 18.5 Å². The molecule has 1 atom stereocenters. The van der Waals surface area contributed by atoms with Crippen molar-refractivity contribution in [2.45, 2.75) is 59.2 Å². The summed E-state index contributed by atoms with van der Waals surface area (Å²) < 4.78 is 5.66. The van der Waals surface area contributed by atoms with Crippen LogP contribution >= 0.6 is 0 Å². The SMILES string of the molecule is CCCCC(=O)N(Cc1ccc(-c2ccccc2C#N)cc1)[C@H](C(=O)OCc1ccccc1)C(C)C. The first-order chi connectivity index (χ1) is 17.4. The summed E-state index contributed by atoms with van der Waals surface area (Å²) in [5, 5.41) is 9.43. The van der Waals surface area contributed by atoms with Crippen molar-refractivity contribution in [3.63, 3.8) is 0 Å². The summed E-state index contributed by atoms with van der Waals surface area (Å²) in [6.45, 7) is 6.41. The molecule has 0 radical (unpaired) electrons. The Kier molecular flexibility index (Phi) is 9.82. The Labute approximate surface area is 214 Å². The van der Waals surface area contributed by atoms with E-state index in [4.69, 9.17) is 4.74 Å². The number of carbonyl (C=O) groups is 2. The zero-order valence-corrected chi connectivity index (χ0v) is 21.3. The van der Waals surface area contributed by atoms with Gasteiger partial charge in [0.2, 0.25) is 5.91 Å². The van der Waals surface area contributed by atoms with Gasteiger partial charge in [0.25, 0.3) is 0 Å². The fraction of sp³-hybridized carbons (Fsp3) is 0.323. The Bertz CT molecular complexity index is 1180. The first-order valence-corrected chi connectivity index (χ1v) is 12.5. The van der Waals surface area contributed by atoms with Crippen molar-refractivity contribution in [3.05, 3.63) is 95.6 Å². The highest BCUT2D eigenvalue weighted by atomic mass is 16.5. The molecule has 36 heavy (non-hydrogen) atoms. The van der Waals surface area contributed by atoms with Crippen LogP contribution in [0.5, 0.6) is 0 Å². The van der Waals surface area contributed by atoms with Gasteiger partial charge in [0.05, 0.1) is 11.6 Å². The van der Waals surface area contributed by atoms with E-state index in [1.807, 2.05) is 93.6 Å². The van der Waals surface area contributed by atoms with Crippen LogP contribution in [0.25, 0.3) is 11.1 Å². The highest BCUT2D eigenvalue weighted by Crippen LogP contribution is 2.25. The third-order valence-corrected chi connectivity index (χ3v) is 6.16. The van der Waals surface area contributed by atoms with Gasteiger partial charge in [-0.25, -0.2) is 4.79 Å².